The summed E-state index contributed by atoms with van der Waals surface area (Å²) in [6.45, 7) is 0. The van der Waals surface area contributed by atoms with E-state index in [1.54, 1.807) is 0 Å². The van der Waals surface area contributed by atoms with Crippen LogP contribution in [0.25, 0.3) is 0 Å². The van der Waals surface area contributed by atoms with Crippen molar-refractivity contribution in [3.05, 3.63) is 197 Å². The van der Waals surface area contributed by atoms with Crippen LogP contribution in [0, 0.1) is 15.3 Å². The first kappa shape index (κ1) is 33.6. The summed E-state index contributed by atoms with van der Waals surface area (Å²) in [6, 6.07) is 64.7. The Morgan fingerprint density at radius 1 is 0.326 bits per heavy atom. The summed E-state index contributed by atoms with van der Waals surface area (Å²) in [5.74, 6) is 0. The van der Waals surface area contributed by atoms with E-state index in [1.807, 2.05) is 0 Å². The van der Waals surface area contributed by atoms with Gasteiger partial charge in [-0.05, 0) is 47.7 Å². The maximum absolute atomic E-state index is 8.25. The first-order valence-electron chi connectivity index (χ1n) is 13.4. The predicted molar refractivity (Wildman–Crippen MR) is 181 cm³/mol. The van der Waals surface area contributed by atoms with Crippen LogP contribution in [0.15, 0.2) is 182 Å². The minimum atomic E-state index is -1.75. The molecule has 6 aromatic rings. The van der Waals surface area contributed by atoms with E-state index in [1.165, 1.54) is 31.8 Å². The molecule has 0 bridgehead atoms. The van der Waals surface area contributed by atoms with Crippen LogP contribution in [0.4, 0.5) is 0 Å². The maximum atomic E-state index is 8.25. The summed E-state index contributed by atoms with van der Waals surface area (Å²) in [5, 5.41) is 23.1. The van der Waals surface area contributed by atoms with Crippen molar-refractivity contribution < 1.29 is 27.5 Å². The third kappa shape index (κ3) is 10.7. The van der Waals surface area contributed by atoms with Gasteiger partial charge >= 0.3 is 22.4 Å². The summed E-state index contributed by atoms with van der Waals surface area (Å²) >= 11 is 0. The second kappa shape index (κ2) is 18.6. The molecule has 6 rings (SSSR count). The molecule has 0 heterocycles. The fraction of sp³-hybridized carbons (Fsp3) is 0. The maximum Gasteiger partial charge on any atom is 1.00 e. The summed E-state index contributed by atoms with van der Waals surface area (Å²) in [6.07, 6.45) is 0. The Balaban J connectivity index is 0.000000206. The molecule has 0 aliphatic carbocycles. The van der Waals surface area contributed by atoms with E-state index in [-0.39, 0.29) is 22.4 Å². The Morgan fingerprint density at radius 3 is 0.558 bits per heavy atom. The molecule has 0 saturated carbocycles. The summed E-state index contributed by atoms with van der Waals surface area (Å²) < 4.78 is 0. The molecule has 0 N–H and O–H groups in total. The molecule has 0 saturated heterocycles. The van der Waals surface area contributed by atoms with Crippen LogP contribution >= 0.6 is 15.8 Å². The Kier molecular flexibility index (Phi) is 14.6. The van der Waals surface area contributed by atoms with Crippen molar-refractivity contribution in [1.29, 1.82) is 0 Å². The van der Waals surface area contributed by atoms with Gasteiger partial charge in [0.05, 0.1) is 5.09 Å². The van der Waals surface area contributed by atoms with Gasteiger partial charge in [0.2, 0.25) is 0 Å². The van der Waals surface area contributed by atoms with Gasteiger partial charge in [0.15, 0.2) is 0 Å². The fourth-order valence-corrected chi connectivity index (χ4v) is 8.97. The second-order valence-electron chi connectivity index (χ2n) is 8.91. The van der Waals surface area contributed by atoms with Crippen molar-refractivity contribution >= 4 is 47.7 Å². The molecule has 0 aliphatic heterocycles. The van der Waals surface area contributed by atoms with Gasteiger partial charge in [-0.2, -0.15) is 0 Å². The van der Waals surface area contributed by atoms with Gasteiger partial charge in [-0.3, -0.25) is 0 Å². The van der Waals surface area contributed by atoms with Crippen molar-refractivity contribution in [2.24, 2.45) is 0 Å². The van der Waals surface area contributed by atoms with Gasteiger partial charge in [0.1, 0.15) is 0 Å². The molecular weight excluding hydrogens is 664 g/mol. The van der Waals surface area contributed by atoms with E-state index in [0.29, 0.717) is 0 Å². The van der Waals surface area contributed by atoms with Gasteiger partial charge < -0.3 is 15.3 Å². The number of nitrogens with zero attached hydrogens (tertiary/aromatic N) is 1. The minimum Gasteiger partial charge on any atom is -0.356 e. The van der Waals surface area contributed by atoms with Gasteiger partial charge in [0.25, 0.3) is 0 Å². The molecule has 0 aliphatic rings. The fourth-order valence-electron chi connectivity index (χ4n) is 4.36. The molecule has 0 unspecified atom stereocenters. The van der Waals surface area contributed by atoms with E-state index in [2.05, 4.69) is 182 Å². The minimum absolute atomic E-state index is 0. The smallest absolute Gasteiger partial charge is 0.356 e. The Hall–Kier alpha value is -3.88. The van der Waals surface area contributed by atoms with Crippen molar-refractivity contribution in [2.75, 3.05) is 0 Å². The number of hydrogen-bond acceptors (Lipinski definition) is 3. The van der Waals surface area contributed by atoms with Crippen LogP contribution in [0.5, 0.6) is 0 Å². The summed E-state index contributed by atoms with van der Waals surface area (Å²) in [5.41, 5.74) is 0. The van der Waals surface area contributed by atoms with E-state index in [9.17, 15) is 0 Å². The third-order valence-corrected chi connectivity index (χ3v) is 11.0. The summed E-state index contributed by atoms with van der Waals surface area (Å²) in [7, 11) is -0.892. The first-order chi connectivity index (χ1) is 20.6. The normalized spacial score (nSPS) is 9.91. The number of benzene rings is 6. The molecule has 4 nitrogen and oxygen atoms in total. The first-order valence-corrected chi connectivity index (χ1v) is 16.0. The van der Waals surface area contributed by atoms with Crippen molar-refractivity contribution in [3.63, 3.8) is 0 Å². The quantitative estimate of drug-likeness (QED) is 0.0850. The largest absolute Gasteiger partial charge is 1.00 e. The van der Waals surface area contributed by atoms with Gasteiger partial charge in [-0.1, -0.05) is 182 Å². The molecule has 6 aromatic carbocycles. The Morgan fingerprint density at radius 2 is 0.442 bits per heavy atom. The molecular formula is C36H30AgNO3P2. The van der Waals surface area contributed by atoms with E-state index in [4.69, 9.17) is 15.3 Å². The average molecular weight is 694 g/mol. The zero-order valence-electron chi connectivity index (χ0n) is 23.2. The SMILES string of the molecule is O=[N+]([O-])[O-].[Ag+].c1ccc(P(c2ccccc2)c2ccccc2)cc1.c1ccc(P(c2ccccc2)c2ccccc2)cc1. The topological polar surface area (TPSA) is 66.2 Å². The van der Waals surface area contributed by atoms with Crippen LogP contribution < -0.4 is 31.8 Å². The van der Waals surface area contributed by atoms with Crippen molar-refractivity contribution in [2.45, 2.75) is 0 Å². The molecule has 0 fully saturated rings. The number of hydrogen-bond donors (Lipinski definition) is 0. The van der Waals surface area contributed by atoms with E-state index in [0.717, 1.165) is 0 Å². The zero-order chi connectivity index (χ0) is 29.4. The third-order valence-electron chi connectivity index (χ3n) is 6.09. The Bertz CT molecular complexity index is 1290. The van der Waals surface area contributed by atoms with Crippen LogP contribution in [-0.4, -0.2) is 5.09 Å². The number of rotatable bonds is 6. The zero-order valence-corrected chi connectivity index (χ0v) is 26.5. The summed E-state index contributed by atoms with van der Waals surface area (Å²) in [4.78, 5) is 8.25. The van der Waals surface area contributed by atoms with Gasteiger partial charge in [0, 0.05) is 0 Å². The van der Waals surface area contributed by atoms with Crippen LogP contribution in [0.3, 0.4) is 0 Å². The molecule has 7 heteroatoms. The monoisotopic (exact) mass is 693 g/mol. The molecule has 0 aromatic heterocycles. The van der Waals surface area contributed by atoms with Crippen LogP contribution in [0.1, 0.15) is 0 Å². The van der Waals surface area contributed by atoms with E-state index < -0.39 is 20.9 Å². The molecule has 218 valence electrons. The van der Waals surface area contributed by atoms with Crippen molar-refractivity contribution in [3.8, 4) is 0 Å². The second-order valence-corrected chi connectivity index (χ2v) is 13.3. The molecule has 43 heavy (non-hydrogen) atoms. The van der Waals surface area contributed by atoms with Crippen molar-refractivity contribution in [1.82, 2.24) is 0 Å². The van der Waals surface area contributed by atoms with Crippen LogP contribution in [0.2, 0.25) is 0 Å². The van der Waals surface area contributed by atoms with Gasteiger partial charge in [-0.25, -0.2) is 0 Å². The van der Waals surface area contributed by atoms with E-state index >= 15 is 0 Å². The van der Waals surface area contributed by atoms with Crippen LogP contribution in [-0.2, 0) is 22.4 Å². The molecule has 0 radical (unpaired) electrons. The predicted octanol–water partition coefficient (Wildman–Crippen LogP) is 6.65. The standard InChI is InChI=1S/2C18H15P.Ag.NO3/c2*1-4-10-16(11-5-1)19(17-12-6-2-7-13-17)18-14-8-3-9-15-18;;2-1(3)4/h2*1-15H;;/q;;+1;-1. The Labute approximate surface area is 271 Å². The average Bonchev–Trinajstić information content (AvgIpc) is 3.05. The molecule has 0 amide bonds. The molecule has 0 atom stereocenters. The van der Waals surface area contributed by atoms with Gasteiger partial charge in [-0.15, -0.1) is 0 Å². The molecule has 0 spiro atoms.